The Morgan fingerprint density at radius 3 is 2.52 bits per heavy atom. The fourth-order valence-corrected chi connectivity index (χ4v) is 3.21. The van der Waals surface area contributed by atoms with Crippen molar-refractivity contribution in [2.45, 2.75) is 24.4 Å². The Kier molecular flexibility index (Phi) is 6.77. The summed E-state index contributed by atoms with van der Waals surface area (Å²) in [5.41, 5.74) is 2.44. The zero-order chi connectivity index (χ0) is 18.4. The van der Waals surface area contributed by atoms with E-state index in [0.29, 0.717) is 11.6 Å². The zero-order valence-corrected chi connectivity index (χ0v) is 14.8. The van der Waals surface area contributed by atoms with E-state index in [0.717, 1.165) is 10.5 Å². The van der Waals surface area contributed by atoms with E-state index in [1.54, 1.807) is 34.9 Å². The van der Waals surface area contributed by atoms with Gasteiger partial charge in [-0.15, -0.1) is 0 Å². The van der Waals surface area contributed by atoms with Gasteiger partial charge in [0, 0.05) is 28.6 Å². The topological polar surface area (TPSA) is 95.7 Å². The number of carbonyl (C=O) groups is 1. The highest BCUT2D eigenvalue weighted by atomic mass is 35.5. The van der Waals surface area contributed by atoms with Gasteiger partial charge in [-0.2, -0.15) is 0 Å². The van der Waals surface area contributed by atoms with Gasteiger partial charge in [0.05, 0.1) is 11.0 Å². The summed E-state index contributed by atoms with van der Waals surface area (Å²) >= 11 is 7.43. The lowest BCUT2D eigenvalue weighted by atomic mass is 10.2. The molecule has 1 amide bonds. The summed E-state index contributed by atoms with van der Waals surface area (Å²) in [5.74, 6) is -0.568. The molecule has 2 aromatic carbocycles. The van der Waals surface area contributed by atoms with Crippen LogP contribution in [0.15, 0.2) is 53.4 Å². The highest BCUT2D eigenvalue weighted by molar-refractivity contribution is 7.97. The van der Waals surface area contributed by atoms with Gasteiger partial charge in [0.25, 0.3) is 11.6 Å². The standard InChI is InChI=1S/C16H16ClN3O4S/c1-11(16(21)18-22)19(10-12-4-2-3-5-15(12)17)25-14-8-6-13(7-9-14)20(23)24/h2-9,11,22H,10H2,1H3,(H,18,21)/t11-/m0/s1. The number of amides is 1. The van der Waals surface area contributed by atoms with Crippen molar-refractivity contribution in [1.29, 1.82) is 0 Å². The maximum absolute atomic E-state index is 11.8. The first kappa shape index (κ1) is 19.2. The van der Waals surface area contributed by atoms with E-state index in [4.69, 9.17) is 16.8 Å². The molecule has 1 atom stereocenters. The second-order valence-corrected chi connectivity index (χ2v) is 6.69. The summed E-state index contributed by atoms with van der Waals surface area (Å²) in [6.07, 6.45) is 0. The van der Waals surface area contributed by atoms with Gasteiger partial charge in [0.15, 0.2) is 0 Å². The lowest BCUT2D eigenvalue weighted by molar-refractivity contribution is -0.384. The molecule has 7 nitrogen and oxygen atoms in total. The molecule has 0 fully saturated rings. The second kappa shape index (κ2) is 8.82. The van der Waals surface area contributed by atoms with E-state index in [2.05, 4.69) is 0 Å². The van der Waals surface area contributed by atoms with Crippen molar-refractivity contribution < 1.29 is 14.9 Å². The number of nitro benzene ring substituents is 1. The van der Waals surface area contributed by atoms with Gasteiger partial charge < -0.3 is 0 Å². The van der Waals surface area contributed by atoms with E-state index in [1.807, 2.05) is 18.2 Å². The van der Waals surface area contributed by atoms with Crippen molar-refractivity contribution in [3.05, 3.63) is 69.2 Å². The summed E-state index contributed by atoms with van der Waals surface area (Å²) in [5, 5.41) is 20.2. The van der Waals surface area contributed by atoms with E-state index in [1.165, 1.54) is 24.1 Å². The van der Waals surface area contributed by atoms with Crippen molar-refractivity contribution >= 4 is 35.1 Å². The van der Waals surface area contributed by atoms with Crippen LogP contribution in [0.1, 0.15) is 12.5 Å². The fraction of sp³-hybridized carbons (Fsp3) is 0.188. The normalized spacial score (nSPS) is 12.0. The number of non-ortho nitro benzene ring substituents is 1. The van der Waals surface area contributed by atoms with Crippen LogP contribution in [0.5, 0.6) is 0 Å². The van der Waals surface area contributed by atoms with Crippen molar-refractivity contribution in [3.8, 4) is 0 Å². The second-order valence-electron chi connectivity index (χ2n) is 5.16. The molecular formula is C16H16ClN3O4S. The maximum Gasteiger partial charge on any atom is 0.269 e. The molecule has 2 N–H and O–H groups in total. The number of hydrogen-bond donors (Lipinski definition) is 2. The highest BCUT2D eigenvalue weighted by Gasteiger charge is 2.23. The lowest BCUT2D eigenvalue weighted by Crippen LogP contribution is -2.40. The number of hydrogen-bond acceptors (Lipinski definition) is 6. The largest absolute Gasteiger partial charge is 0.289 e. The molecule has 25 heavy (non-hydrogen) atoms. The zero-order valence-electron chi connectivity index (χ0n) is 13.3. The molecule has 0 unspecified atom stereocenters. The van der Waals surface area contributed by atoms with Gasteiger partial charge in [-0.1, -0.05) is 29.8 Å². The number of nitrogens with zero attached hydrogens (tertiary/aromatic N) is 2. The molecule has 9 heteroatoms. The SMILES string of the molecule is C[C@@H](C(=O)NO)N(Cc1ccccc1Cl)Sc1ccc([N+](=O)[O-])cc1. The molecule has 0 radical (unpaired) electrons. The number of carbonyl (C=O) groups excluding carboxylic acids is 1. The number of nitro groups is 1. The molecule has 0 aliphatic carbocycles. The van der Waals surface area contributed by atoms with Crippen LogP contribution >= 0.6 is 23.5 Å². The van der Waals surface area contributed by atoms with Crippen LogP contribution in [0, 0.1) is 10.1 Å². The van der Waals surface area contributed by atoms with Crippen LogP contribution in [0.25, 0.3) is 0 Å². The van der Waals surface area contributed by atoms with Crippen LogP contribution in [0.3, 0.4) is 0 Å². The minimum Gasteiger partial charge on any atom is -0.289 e. The van der Waals surface area contributed by atoms with Crippen molar-refractivity contribution in [2.75, 3.05) is 0 Å². The predicted octanol–water partition coefficient (Wildman–Crippen LogP) is 3.65. The first-order valence-electron chi connectivity index (χ1n) is 7.28. The van der Waals surface area contributed by atoms with E-state index in [-0.39, 0.29) is 5.69 Å². The first-order valence-corrected chi connectivity index (χ1v) is 8.44. The molecule has 0 spiro atoms. The Morgan fingerprint density at radius 2 is 1.96 bits per heavy atom. The lowest BCUT2D eigenvalue weighted by Gasteiger charge is -2.26. The summed E-state index contributed by atoms with van der Waals surface area (Å²) in [4.78, 5) is 22.8. The molecule has 2 aromatic rings. The molecule has 0 aromatic heterocycles. The molecule has 0 heterocycles. The minimum absolute atomic E-state index is 0.0110. The Hall–Kier alpha value is -2.13. The molecule has 0 saturated heterocycles. The maximum atomic E-state index is 11.8. The average Bonchev–Trinajstić information content (AvgIpc) is 2.62. The fourth-order valence-electron chi connectivity index (χ4n) is 2.03. The third kappa shape index (κ3) is 5.17. The Morgan fingerprint density at radius 1 is 1.32 bits per heavy atom. The highest BCUT2D eigenvalue weighted by Crippen LogP contribution is 2.30. The summed E-state index contributed by atoms with van der Waals surface area (Å²) in [7, 11) is 0. The van der Waals surface area contributed by atoms with Gasteiger partial charge in [-0.3, -0.25) is 20.1 Å². The van der Waals surface area contributed by atoms with Gasteiger partial charge in [-0.05, 0) is 42.6 Å². The van der Waals surface area contributed by atoms with Crippen molar-refractivity contribution in [1.82, 2.24) is 9.79 Å². The Bertz CT molecular complexity index is 757. The van der Waals surface area contributed by atoms with Gasteiger partial charge in [0.2, 0.25) is 0 Å². The quantitative estimate of drug-likeness (QED) is 0.329. The average molecular weight is 382 g/mol. The number of hydroxylamine groups is 1. The van der Waals surface area contributed by atoms with E-state index >= 15 is 0 Å². The molecule has 0 aliphatic heterocycles. The third-order valence-electron chi connectivity index (χ3n) is 3.48. The van der Waals surface area contributed by atoms with Crippen molar-refractivity contribution in [3.63, 3.8) is 0 Å². The Balaban J connectivity index is 2.23. The van der Waals surface area contributed by atoms with E-state index < -0.39 is 16.9 Å². The van der Waals surface area contributed by atoms with Gasteiger partial charge >= 0.3 is 0 Å². The van der Waals surface area contributed by atoms with Crippen molar-refractivity contribution in [2.24, 2.45) is 0 Å². The molecule has 0 aliphatic rings. The number of halogens is 1. The van der Waals surface area contributed by atoms with Crippen LogP contribution < -0.4 is 5.48 Å². The summed E-state index contributed by atoms with van der Waals surface area (Å²) in [6, 6.07) is 12.6. The summed E-state index contributed by atoms with van der Waals surface area (Å²) < 4.78 is 1.73. The van der Waals surface area contributed by atoms with Gasteiger partial charge in [-0.25, -0.2) is 9.79 Å². The van der Waals surface area contributed by atoms with Gasteiger partial charge in [0.1, 0.15) is 0 Å². The first-order chi connectivity index (χ1) is 11.9. The number of benzene rings is 2. The minimum atomic E-state index is -0.665. The monoisotopic (exact) mass is 381 g/mol. The third-order valence-corrected chi connectivity index (χ3v) is 5.01. The van der Waals surface area contributed by atoms with E-state index in [9.17, 15) is 14.9 Å². The smallest absolute Gasteiger partial charge is 0.269 e. The van der Waals surface area contributed by atoms with Crippen LogP contribution in [0.4, 0.5) is 5.69 Å². The van der Waals surface area contributed by atoms with Crippen LogP contribution in [-0.2, 0) is 11.3 Å². The number of nitrogens with one attached hydrogen (secondary N) is 1. The molecular weight excluding hydrogens is 366 g/mol. The molecule has 0 saturated carbocycles. The predicted molar refractivity (Wildman–Crippen MR) is 95.3 cm³/mol. The molecule has 2 rings (SSSR count). The van der Waals surface area contributed by atoms with Crippen LogP contribution in [0.2, 0.25) is 5.02 Å². The summed E-state index contributed by atoms with van der Waals surface area (Å²) in [6.45, 7) is 1.98. The molecule has 0 bridgehead atoms. The Labute approximate surface area is 153 Å². The molecule has 132 valence electrons. The van der Waals surface area contributed by atoms with Crippen LogP contribution in [-0.4, -0.2) is 26.4 Å². The number of rotatable bonds is 7.